The van der Waals surface area contributed by atoms with Crippen LogP contribution in [-0.2, 0) is 19.7 Å². The van der Waals surface area contributed by atoms with Crippen LogP contribution >= 0.6 is 0 Å². The summed E-state index contributed by atoms with van der Waals surface area (Å²) in [6.07, 6.45) is 3.21. The number of hydrogen-bond acceptors (Lipinski definition) is 4. The molecule has 2 N–H and O–H groups in total. The summed E-state index contributed by atoms with van der Waals surface area (Å²) < 4.78 is 17.6. The molecule has 0 amide bonds. The SMILES string of the molecule is CCO[Si](CCCCc1ccc(N)cc1)(OCC)OCC. The Balaban J connectivity index is 2.43. The van der Waals surface area contributed by atoms with E-state index in [0.717, 1.165) is 31.0 Å². The van der Waals surface area contributed by atoms with E-state index in [1.807, 2.05) is 32.9 Å². The lowest BCUT2D eigenvalue weighted by Crippen LogP contribution is -2.45. The van der Waals surface area contributed by atoms with Crippen molar-refractivity contribution in [2.45, 2.75) is 46.1 Å². The first-order valence-corrected chi connectivity index (χ1v) is 9.85. The minimum atomic E-state index is -2.46. The molecule has 0 heterocycles. The molecule has 1 aromatic rings. The highest BCUT2D eigenvalue weighted by Gasteiger charge is 2.39. The summed E-state index contributed by atoms with van der Waals surface area (Å²) in [7, 11) is -2.46. The maximum absolute atomic E-state index is 5.86. The van der Waals surface area contributed by atoms with Crippen molar-refractivity contribution in [3.05, 3.63) is 29.8 Å². The van der Waals surface area contributed by atoms with Gasteiger partial charge in [-0.3, -0.25) is 0 Å². The maximum Gasteiger partial charge on any atom is 0.500 e. The van der Waals surface area contributed by atoms with Gasteiger partial charge in [-0.2, -0.15) is 0 Å². The van der Waals surface area contributed by atoms with Crippen molar-refractivity contribution in [3.63, 3.8) is 0 Å². The molecule has 1 rings (SSSR count). The number of rotatable bonds is 11. The van der Waals surface area contributed by atoms with Gasteiger partial charge in [0.25, 0.3) is 0 Å². The van der Waals surface area contributed by atoms with Crippen LogP contribution in [0.1, 0.15) is 39.2 Å². The van der Waals surface area contributed by atoms with Crippen LogP contribution in [0, 0.1) is 0 Å². The van der Waals surface area contributed by atoms with Crippen LogP contribution in [0.2, 0.25) is 6.04 Å². The first kappa shape index (κ1) is 18.2. The van der Waals surface area contributed by atoms with Crippen molar-refractivity contribution >= 4 is 14.5 Å². The van der Waals surface area contributed by atoms with Gasteiger partial charge in [-0.1, -0.05) is 12.1 Å². The average molecular weight is 311 g/mol. The molecule has 120 valence electrons. The van der Waals surface area contributed by atoms with E-state index in [4.69, 9.17) is 19.0 Å². The Morgan fingerprint density at radius 1 is 0.857 bits per heavy atom. The third kappa shape index (κ3) is 6.61. The first-order valence-electron chi connectivity index (χ1n) is 7.92. The van der Waals surface area contributed by atoms with Crippen LogP contribution in [0.5, 0.6) is 0 Å². The van der Waals surface area contributed by atoms with Gasteiger partial charge in [0.05, 0.1) is 0 Å². The number of unbranched alkanes of at least 4 members (excludes halogenated alkanes) is 1. The zero-order valence-corrected chi connectivity index (χ0v) is 14.6. The standard InChI is InChI=1S/C16H29NO3Si/c1-4-18-21(19-5-2,20-6-3)14-8-7-9-15-10-12-16(17)13-11-15/h10-13H,4-9,14,17H2,1-3H3. The zero-order valence-electron chi connectivity index (χ0n) is 13.6. The van der Waals surface area contributed by atoms with Crippen molar-refractivity contribution in [2.75, 3.05) is 25.6 Å². The summed E-state index contributed by atoms with van der Waals surface area (Å²) in [6, 6.07) is 8.97. The van der Waals surface area contributed by atoms with Crippen LogP contribution in [0.3, 0.4) is 0 Å². The molecule has 21 heavy (non-hydrogen) atoms. The second-order valence-electron chi connectivity index (χ2n) is 4.93. The molecule has 0 aliphatic carbocycles. The van der Waals surface area contributed by atoms with Crippen molar-refractivity contribution in [1.29, 1.82) is 0 Å². The summed E-state index contributed by atoms with van der Waals surface area (Å²) in [5.74, 6) is 0. The van der Waals surface area contributed by atoms with E-state index >= 15 is 0 Å². The monoisotopic (exact) mass is 311 g/mol. The summed E-state index contributed by atoms with van der Waals surface area (Å²) >= 11 is 0. The van der Waals surface area contributed by atoms with Gasteiger partial charge in [0, 0.05) is 31.6 Å². The predicted molar refractivity (Wildman–Crippen MR) is 89.2 cm³/mol. The lowest BCUT2D eigenvalue weighted by Gasteiger charge is -2.28. The lowest BCUT2D eigenvalue weighted by atomic mass is 10.1. The largest absolute Gasteiger partial charge is 0.500 e. The molecule has 1 aromatic carbocycles. The second-order valence-corrected chi connectivity index (χ2v) is 7.66. The van der Waals surface area contributed by atoms with Gasteiger partial charge in [0.1, 0.15) is 0 Å². The minimum absolute atomic E-state index is 0.643. The van der Waals surface area contributed by atoms with Gasteiger partial charge >= 0.3 is 8.80 Å². The van der Waals surface area contributed by atoms with E-state index in [0.29, 0.717) is 19.8 Å². The molecule has 0 bridgehead atoms. The number of nitrogen functional groups attached to an aromatic ring is 1. The molecular formula is C16H29NO3Si. The third-order valence-corrected chi connectivity index (χ3v) is 6.42. The smallest absolute Gasteiger partial charge is 0.399 e. The Kier molecular flexibility index (Phi) is 8.60. The highest BCUT2D eigenvalue weighted by Crippen LogP contribution is 2.20. The van der Waals surface area contributed by atoms with E-state index < -0.39 is 8.80 Å². The maximum atomic E-state index is 5.86. The molecule has 0 spiro atoms. The van der Waals surface area contributed by atoms with Crippen LogP contribution in [0.15, 0.2) is 24.3 Å². The van der Waals surface area contributed by atoms with E-state index in [9.17, 15) is 0 Å². The third-order valence-electron chi connectivity index (χ3n) is 3.27. The van der Waals surface area contributed by atoms with E-state index in [1.54, 1.807) is 0 Å². The van der Waals surface area contributed by atoms with Gasteiger partial charge in [0.15, 0.2) is 0 Å². The van der Waals surface area contributed by atoms with Crippen molar-refractivity contribution < 1.29 is 13.3 Å². The fourth-order valence-corrected chi connectivity index (χ4v) is 5.04. The highest BCUT2D eigenvalue weighted by atomic mass is 28.4. The fraction of sp³-hybridized carbons (Fsp3) is 0.625. The van der Waals surface area contributed by atoms with Crippen molar-refractivity contribution in [2.24, 2.45) is 0 Å². The van der Waals surface area contributed by atoms with Gasteiger partial charge in [-0.05, 0) is 57.7 Å². The quantitative estimate of drug-likeness (QED) is 0.385. The average Bonchev–Trinajstić information content (AvgIpc) is 2.46. The summed E-state index contributed by atoms with van der Waals surface area (Å²) in [4.78, 5) is 0. The molecular weight excluding hydrogens is 282 g/mol. The van der Waals surface area contributed by atoms with Crippen LogP contribution < -0.4 is 5.73 Å². The van der Waals surface area contributed by atoms with E-state index in [-0.39, 0.29) is 0 Å². The Morgan fingerprint density at radius 3 is 1.86 bits per heavy atom. The van der Waals surface area contributed by atoms with E-state index in [1.165, 1.54) is 5.56 Å². The van der Waals surface area contributed by atoms with Crippen LogP contribution in [0.4, 0.5) is 5.69 Å². The summed E-state index contributed by atoms with van der Waals surface area (Å²) in [5.41, 5.74) is 7.83. The van der Waals surface area contributed by atoms with E-state index in [2.05, 4.69) is 12.1 Å². The molecule has 0 unspecified atom stereocenters. The molecule has 4 nitrogen and oxygen atoms in total. The zero-order chi connectivity index (χ0) is 15.6. The number of aryl methyl sites for hydroxylation is 1. The number of anilines is 1. The van der Waals surface area contributed by atoms with Gasteiger partial charge in [0.2, 0.25) is 0 Å². The molecule has 0 saturated heterocycles. The van der Waals surface area contributed by atoms with Crippen LogP contribution in [-0.4, -0.2) is 28.6 Å². The second kappa shape index (κ2) is 9.95. The Bertz CT molecular complexity index is 367. The van der Waals surface area contributed by atoms with Gasteiger partial charge in [-0.15, -0.1) is 0 Å². The number of nitrogens with two attached hydrogens (primary N) is 1. The molecule has 0 aliphatic heterocycles. The van der Waals surface area contributed by atoms with Gasteiger partial charge < -0.3 is 19.0 Å². The first-order chi connectivity index (χ1) is 10.2. The molecule has 0 saturated carbocycles. The molecule has 0 fully saturated rings. The molecule has 5 heteroatoms. The highest BCUT2D eigenvalue weighted by molar-refractivity contribution is 6.60. The Morgan fingerprint density at radius 2 is 1.38 bits per heavy atom. The van der Waals surface area contributed by atoms with Crippen molar-refractivity contribution in [1.82, 2.24) is 0 Å². The molecule has 0 radical (unpaired) electrons. The molecule has 0 atom stereocenters. The number of hydrogen-bond donors (Lipinski definition) is 1. The topological polar surface area (TPSA) is 53.7 Å². The predicted octanol–water partition coefficient (Wildman–Crippen LogP) is 3.64. The summed E-state index contributed by atoms with van der Waals surface area (Å²) in [6.45, 7) is 7.91. The molecule has 0 aliphatic rings. The minimum Gasteiger partial charge on any atom is -0.399 e. The fourth-order valence-electron chi connectivity index (χ4n) is 2.36. The number of benzene rings is 1. The normalized spacial score (nSPS) is 11.8. The van der Waals surface area contributed by atoms with Gasteiger partial charge in [-0.25, -0.2) is 0 Å². The Hall–Kier alpha value is -0.883. The van der Waals surface area contributed by atoms with Crippen LogP contribution in [0.25, 0.3) is 0 Å². The Labute approximate surface area is 130 Å². The summed E-state index contributed by atoms with van der Waals surface area (Å²) in [5, 5.41) is 0. The lowest BCUT2D eigenvalue weighted by molar-refractivity contribution is 0.0707. The molecule has 0 aromatic heterocycles. The van der Waals surface area contributed by atoms with Crippen molar-refractivity contribution in [3.8, 4) is 0 Å².